The van der Waals surface area contributed by atoms with Crippen LogP contribution in [0.5, 0.6) is 0 Å². The highest BCUT2D eigenvalue weighted by Gasteiger charge is 2.19. The maximum atomic E-state index is 10.8. The number of likely N-dealkylation sites (tertiary alicyclic amines) is 1. The van der Waals surface area contributed by atoms with Crippen molar-refractivity contribution in [3.05, 3.63) is 41.8 Å². The molecule has 0 saturated carbocycles. The monoisotopic (exact) mass is 284 g/mol. The summed E-state index contributed by atoms with van der Waals surface area (Å²) in [6.45, 7) is 4.76. The van der Waals surface area contributed by atoms with Crippen molar-refractivity contribution in [3.8, 4) is 11.5 Å². The van der Waals surface area contributed by atoms with Crippen molar-refractivity contribution in [2.24, 2.45) is 5.92 Å². The Kier molecular flexibility index (Phi) is 4.15. The second-order valence-electron chi connectivity index (χ2n) is 5.76. The van der Waals surface area contributed by atoms with E-state index in [1.165, 1.54) is 5.56 Å². The molecule has 0 amide bonds. The molecule has 0 unspecified atom stereocenters. The molecule has 21 heavy (non-hydrogen) atoms. The Morgan fingerprint density at radius 2 is 2.00 bits per heavy atom. The molecule has 1 aromatic heterocycles. The van der Waals surface area contributed by atoms with Gasteiger partial charge < -0.3 is 9.21 Å². The van der Waals surface area contributed by atoms with Gasteiger partial charge in [0.2, 0.25) is 5.89 Å². The second kappa shape index (κ2) is 6.22. The molecule has 0 bridgehead atoms. The maximum Gasteiger partial charge on any atom is 0.226 e. The van der Waals surface area contributed by atoms with Crippen molar-refractivity contribution in [2.45, 2.75) is 26.3 Å². The summed E-state index contributed by atoms with van der Waals surface area (Å²) >= 11 is 0. The van der Waals surface area contributed by atoms with Gasteiger partial charge in [0, 0.05) is 18.0 Å². The van der Waals surface area contributed by atoms with Gasteiger partial charge in [0.15, 0.2) is 0 Å². The van der Waals surface area contributed by atoms with E-state index in [1.54, 1.807) is 6.26 Å². The molecule has 110 valence electrons. The first-order valence-electron chi connectivity index (χ1n) is 7.43. The number of aldehydes is 1. The summed E-state index contributed by atoms with van der Waals surface area (Å²) in [6.07, 6.45) is 4.72. The summed E-state index contributed by atoms with van der Waals surface area (Å²) in [5, 5.41) is 0. The molecule has 0 N–H and O–H groups in total. The minimum Gasteiger partial charge on any atom is -0.444 e. The van der Waals surface area contributed by atoms with Crippen LogP contribution in [0, 0.1) is 12.8 Å². The van der Waals surface area contributed by atoms with Gasteiger partial charge >= 0.3 is 0 Å². The summed E-state index contributed by atoms with van der Waals surface area (Å²) in [5.41, 5.74) is 3.19. The number of hydrogen-bond acceptors (Lipinski definition) is 4. The van der Waals surface area contributed by atoms with Crippen molar-refractivity contribution in [3.63, 3.8) is 0 Å². The number of carbonyl (C=O) groups is 1. The highest BCUT2D eigenvalue weighted by atomic mass is 16.3. The molecule has 2 aromatic rings. The number of oxazole rings is 1. The summed E-state index contributed by atoms with van der Waals surface area (Å²) in [4.78, 5) is 17.7. The number of rotatable bonds is 4. The zero-order valence-electron chi connectivity index (χ0n) is 12.3. The number of nitrogens with zero attached hydrogens (tertiary/aromatic N) is 2. The van der Waals surface area contributed by atoms with E-state index in [4.69, 9.17) is 4.42 Å². The molecule has 1 saturated heterocycles. The van der Waals surface area contributed by atoms with Crippen LogP contribution in [0.2, 0.25) is 0 Å². The molecule has 1 fully saturated rings. The lowest BCUT2D eigenvalue weighted by molar-refractivity contribution is -0.112. The molecule has 0 radical (unpaired) electrons. The lowest BCUT2D eigenvalue weighted by Gasteiger charge is -2.28. The van der Waals surface area contributed by atoms with Crippen LogP contribution in [0.25, 0.3) is 11.5 Å². The van der Waals surface area contributed by atoms with Crippen molar-refractivity contribution < 1.29 is 9.21 Å². The molecule has 0 aliphatic carbocycles. The lowest BCUT2D eigenvalue weighted by Crippen LogP contribution is -2.33. The number of piperidine rings is 1. The van der Waals surface area contributed by atoms with Crippen molar-refractivity contribution in [1.29, 1.82) is 0 Å². The fourth-order valence-corrected chi connectivity index (χ4v) is 2.68. The quantitative estimate of drug-likeness (QED) is 0.810. The predicted molar refractivity (Wildman–Crippen MR) is 80.7 cm³/mol. The third-order valence-electron chi connectivity index (χ3n) is 4.06. The Hall–Kier alpha value is -1.94. The Morgan fingerprint density at radius 3 is 2.67 bits per heavy atom. The average Bonchev–Trinajstić information content (AvgIpc) is 2.97. The van der Waals surface area contributed by atoms with E-state index in [0.717, 1.165) is 50.0 Å². The van der Waals surface area contributed by atoms with E-state index in [0.29, 0.717) is 5.89 Å². The predicted octanol–water partition coefficient (Wildman–Crippen LogP) is 3.06. The number of aryl methyl sites for hydroxylation is 1. The zero-order chi connectivity index (χ0) is 14.7. The van der Waals surface area contributed by atoms with Crippen LogP contribution in [0.3, 0.4) is 0 Å². The molecule has 1 aromatic carbocycles. The largest absolute Gasteiger partial charge is 0.444 e. The van der Waals surface area contributed by atoms with Gasteiger partial charge in [-0.05, 0) is 45.0 Å². The zero-order valence-corrected chi connectivity index (χ0v) is 12.3. The first kappa shape index (κ1) is 14.0. The third kappa shape index (κ3) is 3.39. The molecule has 0 spiro atoms. The van der Waals surface area contributed by atoms with Crippen LogP contribution in [0.4, 0.5) is 0 Å². The van der Waals surface area contributed by atoms with Gasteiger partial charge in [-0.25, -0.2) is 4.98 Å². The van der Waals surface area contributed by atoms with Crippen molar-refractivity contribution in [1.82, 2.24) is 9.88 Å². The summed E-state index contributed by atoms with van der Waals surface area (Å²) in [5.74, 6) is 0.912. The van der Waals surface area contributed by atoms with Crippen LogP contribution >= 0.6 is 0 Å². The summed E-state index contributed by atoms with van der Waals surface area (Å²) in [7, 11) is 0. The minimum absolute atomic E-state index is 0.238. The summed E-state index contributed by atoms with van der Waals surface area (Å²) < 4.78 is 5.58. The fraction of sp³-hybridized carbons (Fsp3) is 0.412. The van der Waals surface area contributed by atoms with E-state index in [9.17, 15) is 4.79 Å². The fourth-order valence-electron chi connectivity index (χ4n) is 2.68. The molecule has 3 rings (SSSR count). The van der Waals surface area contributed by atoms with E-state index in [-0.39, 0.29) is 5.92 Å². The molecule has 0 atom stereocenters. The highest BCUT2D eigenvalue weighted by molar-refractivity contribution is 5.54. The second-order valence-corrected chi connectivity index (χ2v) is 5.76. The highest BCUT2D eigenvalue weighted by Crippen LogP contribution is 2.21. The number of carbonyl (C=O) groups excluding carboxylic acids is 1. The van der Waals surface area contributed by atoms with E-state index < -0.39 is 0 Å². The van der Waals surface area contributed by atoms with Crippen LogP contribution in [-0.4, -0.2) is 29.3 Å². The Balaban J connectivity index is 1.63. The smallest absolute Gasteiger partial charge is 0.226 e. The van der Waals surface area contributed by atoms with Gasteiger partial charge in [0.05, 0.1) is 5.69 Å². The standard InChI is InChI=1S/C17H20N2O2/c1-13-2-4-15(5-3-13)17-18-16(12-21-17)10-19-8-6-14(11-20)7-9-19/h2-5,11-12,14H,6-10H2,1H3. The van der Waals surface area contributed by atoms with Crippen LogP contribution in [0.1, 0.15) is 24.1 Å². The Morgan fingerprint density at radius 1 is 1.29 bits per heavy atom. The number of aromatic nitrogens is 1. The molecule has 1 aliphatic rings. The first-order chi connectivity index (χ1) is 10.2. The van der Waals surface area contributed by atoms with Gasteiger partial charge in [-0.15, -0.1) is 0 Å². The SMILES string of the molecule is Cc1ccc(-c2nc(CN3CCC(C=O)CC3)co2)cc1. The van der Waals surface area contributed by atoms with Crippen LogP contribution in [0.15, 0.2) is 34.9 Å². The van der Waals surface area contributed by atoms with E-state index in [2.05, 4.69) is 28.9 Å². The summed E-state index contributed by atoms with van der Waals surface area (Å²) in [6, 6.07) is 8.17. The normalized spacial score (nSPS) is 17.0. The van der Waals surface area contributed by atoms with Crippen LogP contribution < -0.4 is 0 Å². The third-order valence-corrected chi connectivity index (χ3v) is 4.06. The number of hydrogen-bond donors (Lipinski definition) is 0. The van der Waals surface area contributed by atoms with Gasteiger partial charge in [-0.3, -0.25) is 4.90 Å². The molecule has 4 heteroatoms. The van der Waals surface area contributed by atoms with Crippen molar-refractivity contribution in [2.75, 3.05) is 13.1 Å². The topological polar surface area (TPSA) is 46.3 Å². The average molecular weight is 284 g/mol. The van der Waals surface area contributed by atoms with Gasteiger partial charge in [0.1, 0.15) is 12.5 Å². The molecule has 4 nitrogen and oxygen atoms in total. The molecular weight excluding hydrogens is 264 g/mol. The number of benzene rings is 1. The first-order valence-corrected chi connectivity index (χ1v) is 7.43. The minimum atomic E-state index is 0.238. The van der Waals surface area contributed by atoms with Gasteiger partial charge in [0.25, 0.3) is 0 Å². The van der Waals surface area contributed by atoms with E-state index >= 15 is 0 Å². The lowest BCUT2D eigenvalue weighted by atomic mass is 9.99. The maximum absolute atomic E-state index is 10.8. The Labute approximate surface area is 124 Å². The van der Waals surface area contributed by atoms with Gasteiger partial charge in [-0.2, -0.15) is 0 Å². The Bertz CT molecular complexity index is 596. The van der Waals surface area contributed by atoms with Crippen LogP contribution in [-0.2, 0) is 11.3 Å². The van der Waals surface area contributed by atoms with E-state index in [1.807, 2.05) is 12.1 Å². The molecular formula is C17H20N2O2. The molecule has 1 aliphatic heterocycles. The molecule has 2 heterocycles. The van der Waals surface area contributed by atoms with Crippen molar-refractivity contribution >= 4 is 6.29 Å². The van der Waals surface area contributed by atoms with Gasteiger partial charge in [-0.1, -0.05) is 17.7 Å².